The minimum Gasteiger partial charge on any atom is -0.315 e. The Morgan fingerprint density at radius 1 is 1.07 bits per heavy atom. The monoisotopic (exact) mass is 196 g/mol. The van der Waals surface area contributed by atoms with Crippen LogP contribution in [-0.2, 0) is 0 Å². The summed E-state index contributed by atoms with van der Waals surface area (Å²) < 4.78 is 0. The Kier molecular flexibility index (Phi) is 4.26. The molecule has 82 valence electrons. The van der Waals surface area contributed by atoms with Crippen LogP contribution in [0.4, 0.5) is 0 Å². The highest BCUT2D eigenvalue weighted by Crippen LogP contribution is 2.33. The summed E-state index contributed by atoms with van der Waals surface area (Å²) in [5, 5.41) is 3.55. The molecule has 2 heteroatoms. The molecule has 2 nitrogen and oxygen atoms in total. The molecule has 2 fully saturated rings. The lowest BCUT2D eigenvalue weighted by Gasteiger charge is -2.14. The quantitative estimate of drug-likeness (QED) is 0.625. The van der Waals surface area contributed by atoms with E-state index in [1.54, 1.807) is 0 Å². The normalized spacial score (nSPS) is 23.1. The fourth-order valence-electron chi connectivity index (χ4n) is 2.29. The molecule has 1 aliphatic heterocycles. The lowest BCUT2D eigenvalue weighted by molar-refractivity contribution is 0.335. The maximum atomic E-state index is 3.55. The lowest BCUT2D eigenvalue weighted by atomic mass is 10.2. The summed E-state index contributed by atoms with van der Waals surface area (Å²) in [5.41, 5.74) is 0. The molecule has 0 bridgehead atoms. The third-order valence-corrected chi connectivity index (χ3v) is 3.47. The van der Waals surface area contributed by atoms with Crippen LogP contribution < -0.4 is 5.32 Å². The smallest absolute Gasteiger partial charge is 0.0107 e. The van der Waals surface area contributed by atoms with Crippen molar-refractivity contribution in [3.05, 3.63) is 0 Å². The van der Waals surface area contributed by atoms with Crippen LogP contribution in [0.5, 0.6) is 0 Å². The van der Waals surface area contributed by atoms with Crippen LogP contribution in [0.2, 0.25) is 0 Å². The van der Waals surface area contributed by atoms with Crippen LogP contribution in [0.15, 0.2) is 0 Å². The summed E-state index contributed by atoms with van der Waals surface area (Å²) in [6.45, 7) is 6.38. The Bertz CT molecular complexity index is 148. The van der Waals surface area contributed by atoms with Crippen molar-refractivity contribution in [2.45, 2.75) is 38.5 Å². The van der Waals surface area contributed by atoms with E-state index in [1.165, 1.54) is 71.2 Å². The second-order valence-electron chi connectivity index (χ2n) is 4.88. The summed E-state index contributed by atoms with van der Waals surface area (Å²) in [5.74, 6) is 1.11. The van der Waals surface area contributed by atoms with Crippen LogP contribution >= 0.6 is 0 Å². The molecule has 0 radical (unpaired) electrons. The average molecular weight is 196 g/mol. The van der Waals surface area contributed by atoms with Gasteiger partial charge < -0.3 is 10.2 Å². The highest BCUT2D eigenvalue weighted by atomic mass is 15.1. The molecule has 0 amide bonds. The molecule has 1 heterocycles. The zero-order valence-corrected chi connectivity index (χ0v) is 9.30. The Balaban J connectivity index is 1.35. The number of rotatable bonds is 7. The number of nitrogens with zero attached hydrogens (tertiary/aromatic N) is 1. The zero-order chi connectivity index (χ0) is 9.64. The third-order valence-electron chi connectivity index (χ3n) is 3.47. The molecule has 0 atom stereocenters. The molecule has 0 unspecified atom stereocenters. The van der Waals surface area contributed by atoms with Crippen LogP contribution in [0, 0.1) is 5.92 Å². The van der Waals surface area contributed by atoms with Crippen molar-refractivity contribution in [1.82, 2.24) is 10.2 Å². The lowest BCUT2D eigenvalue weighted by Crippen LogP contribution is -2.30. The Morgan fingerprint density at radius 2 is 1.86 bits per heavy atom. The minimum absolute atomic E-state index is 1.11. The SMILES string of the molecule is C(CNCCN1CCCC1)CC1CC1. The van der Waals surface area contributed by atoms with E-state index in [4.69, 9.17) is 0 Å². The molecular formula is C12H24N2. The first-order chi connectivity index (χ1) is 6.95. The van der Waals surface area contributed by atoms with E-state index in [1.807, 2.05) is 0 Å². The van der Waals surface area contributed by atoms with Gasteiger partial charge in [-0.2, -0.15) is 0 Å². The minimum atomic E-state index is 1.11. The highest BCUT2D eigenvalue weighted by molar-refractivity contribution is 4.73. The van der Waals surface area contributed by atoms with Crippen molar-refractivity contribution in [3.8, 4) is 0 Å². The van der Waals surface area contributed by atoms with Gasteiger partial charge in [-0.15, -0.1) is 0 Å². The van der Waals surface area contributed by atoms with Crippen molar-refractivity contribution in [2.75, 3.05) is 32.7 Å². The van der Waals surface area contributed by atoms with E-state index < -0.39 is 0 Å². The van der Waals surface area contributed by atoms with Gasteiger partial charge in [-0.05, 0) is 51.2 Å². The van der Waals surface area contributed by atoms with Crippen molar-refractivity contribution in [1.29, 1.82) is 0 Å². The number of nitrogens with one attached hydrogen (secondary N) is 1. The third kappa shape index (κ3) is 3.97. The molecule has 0 spiro atoms. The summed E-state index contributed by atoms with van der Waals surface area (Å²) in [6.07, 6.45) is 8.71. The molecule has 1 saturated heterocycles. The van der Waals surface area contributed by atoms with E-state index >= 15 is 0 Å². The molecule has 14 heavy (non-hydrogen) atoms. The van der Waals surface area contributed by atoms with E-state index in [0.29, 0.717) is 0 Å². The Labute approximate surface area is 88.1 Å². The number of hydrogen-bond acceptors (Lipinski definition) is 2. The molecule has 1 aliphatic carbocycles. The summed E-state index contributed by atoms with van der Waals surface area (Å²) >= 11 is 0. The maximum Gasteiger partial charge on any atom is 0.0107 e. The molecule has 0 aromatic rings. The average Bonchev–Trinajstić information content (AvgIpc) is 2.87. The summed E-state index contributed by atoms with van der Waals surface area (Å²) in [6, 6.07) is 0. The van der Waals surface area contributed by atoms with Crippen LogP contribution in [0.1, 0.15) is 38.5 Å². The van der Waals surface area contributed by atoms with Crippen molar-refractivity contribution < 1.29 is 0 Å². The van der Waals surface area contributed by atoms with E-state index in [2.05, 4.69) is 10.2 Å². The molecule has 2 rings (SSSR count). The van der Waals surface area contributed by atoms with Gasteiger partial charge in [0.15, 0.2) is 0 Å². The van der Waals surface area contributed by atoms with Crippen molar-refractivity contribution >= 4 is 0 Å². The molecule has 1 N–H and O–H groups in total. The van der Waals surface area contributed by atoms with Gasteiger partial charge in [0.1, 0.15) is 0 Å². The van der Waals surface area contributed by atoms with Gasteiger partial charge in [-0.25, -0.2) is 0 Å². The first-order valence-electron chi connectivity index (χ1n) is 6.38. The largest absolute Gasteiger partial charge is 0.315 e. The van der Waals surface area contributed by atoms with Gasteiger partial charge in [0, 0.05) is 13.1 Å². The Morgan fingerprint density at radius 3 is 2.57 bits per heavy atom. The van der Waals surface area contributed by atoms with Gasteiger partial charge in [0.05, 0.1) is 0 Å². The second-order valence-corrected chi connectivity index (χ2v) is 4.88. The second kappa shape index (κ2) is 5.72. The standard InChI is InChI=1S/C12H24N2/c1-2-10-14(9-1)11-8-13-7-3-4-12-5-6-12/h12-13H,1-11H2. The maximum absolute atomic E-state index is 3.55. The molecule has 0 aromatic carbocycles. The van der Waals surface area contributed by atoms with E-state index in [-0.39, 0.29) is 0 Å². The Hall–Kier alpha value is -0.0800. The van der Waals surface area contributed by atoms with E-state index in [0.717, 1.165) is 5.92 Å². The van der Waals surface area contributed by atoms with Gasteiger partial charge in [0.2, 0.25) is 0 Å². The summed E-state index contributed by atoms with van der Waals surface area (Å²) in [7, 11) is 0. The molecular weight excluding hydrogens is 172 g/mol. The predicted octanol–water partition coefficient (Wildman–Crippen LogP) is 1.86. The van der Waals surface area contributed by atoms with Gasteiger partial charge in [-0.1, -0.05) is 12.8 Å². The summed E-state index contributed by atoms with van der Waals surface area (Å²) in [4.78, 5) is 2.58. The predicted molar refractivity (Wildman–Crippen MR) is 60.5 cm³/mol. The van der Waals surface area contributed by atoms with E-state index in [9.17, 15) is 0 Å². The van der Waals surface area contributed by atoms with Crippen molar-refractivity contribution in [3.63, 3.8) is 0 Å². The van der Waals surface area contributed by atoms with Crippen LogP contribution in [0.25, 0.3) is 0 Å². The topological polar surface area (TPSA) is 15.3 Å². The molecule has 0 aromatic heterocycles. The zero-order valence-electron chi connectivity index (χ0n) is 9.30. The van der Waals surface area contributed by atoms with Gasteiger partial charge in [0.25, 0.3) is 0 Å². The highest BCUT2D eigenvalue weighted by Gasteiger charge is 2.19. The van der Waals surface area contributed by atoms with Gasteiger partial charge in [-0.3, -0.25) is 0 Å². The van der Waals surface area contributed by atoms with Crippen molar-refractivity contribution in [2.24, 2.45) is 5.92 Å². The van der Waals surface area contributed by atoms with Gasteiger partial charge >= 0.3 is 0 Å². The number of hydrogen-bond donors (Lipinski definition) is 1. The fraction of sp³-hybridized carbons (Fsp3) is 1.00. The number of likely N-dealkylation sites (tertiary alicyclic amines) is 1. The van der Waals surface area contributed by atoms with Crippen LogP contribution in [-0.4, -0.2) is 37.6 Å². The molecule has 1 saturated carbocycles. The van der Waals surface area contributed by atoms with Crippen LogP contribution in [0.3, 0.4) is 0 Å². The first-order valence-corrected chi connectivity index (χ1v) is 6.38. The molecule has 2 aliphatic rings. The fourth-order valence-corrected chi connectivity index (χ4v) is 2.29. The first kappa shape index (κ1) is 10.4.